The zero-order valence-corrected chi connectivity index (χ0v) is 12.8. The van der Waals surface area contributed by atoms with Crippen molar-refractivity contribution in [3.8, 4) is 0 Å². The lowest BCUT2D eigenvalue weighted by Crippen LogP contribution is -2.25. The molecule has 0 unspecified atom stereocenters. The van der Waals surface area contributed by atoms with Crippen molar-refractivity contribution in [1.29, 1.82) is 0 Å². The standard InChI is InChI=1S/C15H19N3O2S/c1-11-13(21-15(16)18-11)14(19)17-8-5-9-20-10-12-6-3-2-4-7-12/h2-4,6-7H,5,8-10H2,1H3,(H2,16,18)(H,17,19). The molecule has 3 N–H and O–H groups in total. The van der Waals surface area contributed by atoms with E-state index in [9.17, 15) is 4.79 Å². The van der Waals surface area contributed by atoms with Crippen LogP contribution in [0.3, 0.4) is 0 Å². The number of carbonyl (C=O) groups excluding carboxylic acids is 1. The summed E-state index contributed by atoms with van der Waals surface area (Å²) in [5.41, 5.74) is 7.40. The zero-order chi connectivity index (χ0) is 15.1. The van der Waals surface area contributed by atoms with E-state index in [-0.39, 0.29) is 5.91 Å². The summed E-state index contributed by atoms with van der Waals surface area (Å²) >= 11 is 1.21. The molecule has 0 saturated carbocycles. The van der Waals surface area contributed by atoms with E-state index in [0.29, 0.717) is 35.5 Å². The second-order valence-electron chi connectivity index (χ2n) is 4.61. The number of ether oxygens (including phenoxy) is 1. The van der Waals surface area contributed by atoms with Gasteiger partial charge in [0.15, 0.2) is 5.13 Å². The molecule has 0 atom stereocenters. The maximum atomic E-state index is 11.9. The van der Waals surface area contributed by atoms with Crippen LogP contribution < -0.4 is 11.1 Å². The first-order valence-electron chi connectivity index (χ1n) is 6.79. The number of hydrogen-bond donors (Lipinski definition) is 2. The number of aromatic nitrogens is 1. The highest BCUT2D eigenvalue weighted by Crippen LogP contribution is 2.19. The largest absolute Gasteiger partial charge is 0.377 e. The van der Waals surface area contributed by atoms with Crippen LogP contribution in [0.1, 0.15) is 27.3 Å². The van der Waals surface area contributed by atoms with Crippen LogP contribution in [0.15, 0.2) is 30.3 Å². The Hall–Kier alpha value is -1.92. The number of nitrogens with one attached hydrogen (secondary N) is 1. The van der Waals surface area contributed by atoms with Gasteiger partial charge < -0.3 is 15.8 Å². The molecule has 2 rings (SSSR count). The Labute approximate surface area is 128 Å². The summed E-state index contributed by atoms with van der Waals surface area (Å²) < 4.78 is 5.55. The minimum Gasteiger partial charge on any atom is -0.377 e. The predicted octanol–water partition coefficient (Wildman–Crippen LogP) is 2.37. The van der Waals surface area contributed by atoms with Gasteiger partial charge in [0, 0.05) is 13.2 Å². The molecule has 0 bridgehead atoms. The van der Waals surface area contributed by atoms with Crippen molar-refractivity contribution < 1.29 is 9.53 Å². The van der Waals surface area contributed by atoms with Gasteiger partial charge in [0.25, 0.3) is 5.91 Å². The van der Waals surface area contributed by atoms with Gasteiger partial charge in [-0.15, -0.1) is 0 Å². The lowest BCUT2D eigenvalue weighted by molar-refractivity contribution is 0.0937. The Bertz CT molecular complexity index is 584. The molecule has 6 heteroatoms. The number of thiazole rings is 1. The Morgan fingerprint density at radius 1 is 1.38 bits per heavy atom. The van der Waals surface area contributed by atoms with Gasteiger partial charge in [-0.3, -0.25) is 4.79 Å². The van der Waals surface area contributed by atoms with E-state index < -0.39 is 0 Å². The molecule has 0 saturated heterocycles. The van der Waals surface area contributed by atoms with E-state index in [1.54, 1.807) is 6.92 Å². The van der Waals surface area contributed by atoms with Crippen LogP contribution in [0.25, 0.3) is 0 Å². The Morgan fingerprint density at radius 2 is 2.14 bits per heavy atom. The molecule has 5 nitrogen and oxygen atoms in total. The SMILES string of the molecule is Cc1nc(N)sc1C(=O)NCCCOCc1ccccc1. The fraction of sp³-hybridized carbons (Fsp3) is 0.333. The Morgan fingerprint density at radius 3 is 2.81 bits per heavy atom. The quantitative estimate of drug-likeness (QED) is 0.770. The number of rotatable bonds is 7. The summed E-state index contributed by atoms with van der Waals surface area (Å²) in [6.45, 7) is 3.56. The van der Waals surface area contributed by atoms with E-state index in [2.05, 4.69) is 10.3 Å². The molecule has 1 aromatic heterocycles. The predicted molar refractivity (Wildman–Crippen MR) is 84.3 cm³/mol. The number of nitrogens with two attached hydrogens (primary N) is 1. The van der Waals surface area contributed by atoms with Crippen LogP contribution in [-0.4, -0.2) is 24.0 Å². The van der Waals surface area contributed by atoms with E-state index in [4.69, 9.17) is 10.5 Å². The van der Waals surface area contributed by atoms with Crippen molar-refractivity contribution in [2.45, 2.75) is 20.0 Å². The maximum absolute atomic E-state index is 11.9. The fourth-order valence-corrected chi connectivity index (χ4v) is 2.60. The third-order valence-electron chi connectivity index (χ3n) is 2.88. The van der Waals surface area contributed by atoms with Crippen molar-refractivity contribution in [3.05, 3.63) is 46.5 Å². The normalized spacial score (nSPS) is 10.5. The molecule has 0 spiro atoms. The third-order valence-corrected chi connectivity index (χ3v) is 3.87. The van der Waals surface area contributed by atoms with E-state index in [0.717, 1.165) is 12.0 Å². The smallest absolute Gasteiger partial charge is 0.263 e. The first kappa shape index (κ1) is 15.5. The second-order valence-corrected chi connectivity index (χ2v) is 5.64. The van der Waals surface area contributed by atoms with Crippen LogP contribution in [0.5, 0.6) is 0 Å². The van der Waals surface area contributed by atoms with Gasteiger partial charge in [-0.05, 0) is 18.9 Å². The van der Waals surface area contributed by atoms with Crippen LogP contribution in [0.2, 0.25) is 0 Å². The number of aryl methyl sites for hydroxylation is 1. The molecular formula is C15H19N3O2S. The molecule has 0 radical (unpaired) electrons. The van der Waals surface area contributed by atoms with E-state index in [1.807, 2.05) is 30.3 Å². The summed E-state index contributed by atoms with van der Waals surface area (Å²) in [5.74, 6) is -0.121. The monoisotopic (exact) mass is 305 g/mol. The molecule has 1 heterocycles. The van der Waals surface area contributed by atoms with Crippen molar-refractivity contribution in [2.24, 2.45) is 0 Å². The third kappa shape index (κ3) is 4.84. The molecule has 0 aliphatic carbocycles. The summed E-state index contributed by atoms with van der Waals surface area (Å²) in [4.78, 5) is 16.5. The Kier molecular flexibility index (Phi) is 5.71. The van der Waals surface area contributed by atoms with E-state index in [1.165, 1.54) is 11.3 Å². The minimum atomic E-state index is -0.121. The molecule has 112 valence electrons. The van der Waals surface area contributed by atoms with Crippen LogP contribution >= 0.6 is 11.3 Å². The summed E-state index contributed by atoms with van der Waals surface area (Å²) in [6.07, 6.45) is 0.770. The van der Waals surface area contributed by atoms with Gasteiger partial charge in [0.1, 0.15) is 4.88 Å². The molecular weight excluding hydrogens is 286 g/mol. The van der Waals surface area contributed by atoms with Gasteiger partial charge in [0.05, 0.1) is 12.3 Å². The number of hydrogen-bond acceptors (Lipinski definition) is 5. The lowest BCUT2D eigenvalue weighted by Gasteiger charge is -2.06. The number of nitrogens with zero attached hydrogens (tertiary/aromatic N) is 1. The highest BCUT2D eigenvalue weighted by Gasteiger charge is 2.13. The fourth-order valence-electron chi connectivity index (χ4n) is 1.85. The van der Waals surface area contributed by atoms with Crippen LogP contribution in [-0.2, 0) is 11.3 Å². The molecule has 0 fully saturated rings. The molecule has 1 aromatic carbocycles. The lowest BCUT2D eigenvalue weighted by atomic mass is 10.2. The van der Waals surface area contributed by atoms with Crippen molar-refractivity contribution in [1.82, 2.24) is 10.3 Å². The topological polar surface area (TPSA) is 77.2 Å². The van der Waals surface area contributed by atoms with Gasteiger partial charge in [-0.2, -0.15) is 0 Å². The highest BCUT2D eigenvalue weighted by molar-refractivity contribution is 7.17. The number of nitrogen functional groups attached to an aromatic ring is 1. The van der Waals surface area contributed by atoms with Crippen LogP contribution in [0.4, 0.5) is 5.13 Å². The summed E-state index contributed by atoms with van der Waals surface area (Å²) in [5, 5.41) is 3.27. The maximum Gasteiger partial charge on any atom is 0.263 e. The van der Waals surface area contributed by atoms with Crippen molar-refractivity contribution in [3.63, 3.8) is 0 Å². The van der Waals surface area contributed by atoms with Gasteiger partial charge in [0.2, 0.25) is 0 Å². The molecule has 21 heavy (non-hydrogen) atoms. The van der Waals surface area contributed by atoms with Gasteiger partial charge in [-0.25, -0.2) is 4.98 Å². The second kappa shape index (κ2) is 7.75. The molecule has 0 aliphatic heterocycles. The molecule has 1 amide bonds. The van der Waals surface area contributed by atoms with Crippen molar-refractivity contribution >= 4 is 22.4 Å². The van der Waals surface area contributed by atoms with Gasteiger partial charge >= 0.3 is 0 Å². The van der Waals surface area contributed by atoms with Gasteiger partial charge in [-0.1, -0.05) is 41.7 Å². The number of anilines is 1. The summed E-state index contributed by atoms with van der Waals surface area (Å²) in [7, 11) is 0. The first-order valence-corrected chi connectivity index (χ1v) is 7.61. The number of amides is 1. The number of benzene rings is 1. The average molecular weight is 305 g/mol. The Balaban J connectivity index is 1.62. The summed E-state index contributed by atoms with van der Waals surface area (Å²) in [6, 6.07) is 10.0. The zero-order valence-electron chi connectivity index (χ0n) is 12.0. The number of carbonyl (C=O) groups is 1. The molecule has 2 aromatic rings. The minimum absolute atomic E-state index is 0.121. The first-order chi connectivity index (χ1) is 10.2. The molecule has 0 aliphatic rings. The van der Waals surface area contributed by atoms with Crippen molar-refractivity contribution in [2.75, 3.05) is 18.9 Å². The van der Waals surface area contributed by atoms with E-state index >= 15 is 0 Å². The average Bonchev–Trinajstić information content (AvgIpc) is 2.82. The van der Waals surface area contributed by atoms with Crippen LogP contribution in [0, 0.1) is 6.92 Å². The highest BCUT2D eigenvalue weighted by atomic mass is 32.1.